The van der Waals surface area contributed by atoms with Gasteiger partial charge >= 0.3 is 0 Å². The maximum atomic E-state index is 13.6. The van der Waals surface area contributed by atoms with Crippen molar-refractivity contribution in [3.63, 3.8) is 0 Å². The van der Waals surface area contributed by atoms with Crippen LogP contribution >= 0.6 is 23.4 Å². The number of nitrogens with one attached hydrogen (secondary N) is 1. The number of rotatable bonds is 7. The van der Waals surface area contributed by atoms with Crippen LogP contribution in [0.5, 0.6) is 0 Å². The molecular formula is C14H19ClFNO3S2. The number of aliphatic hydroxyl groups is 1. The highest BCUT2D eigenvalue weighted by Crippen LogP contribution is 2.27. The first-order valence-electron chi connectivity index (χ1n) is 6.50. The van der Waals surface area contributed by atoms with Crippen LogP contribution in [0.3, 0.4) is 0 Å². The number of anilines is 1. The molecule has 0 aromatic heterocycles. The predicted molar refractivity (Wildman–Crippen MR) is 92.5 cm³/mol. The highest BCUT2D eigenvalue weighted by Gasteiger charge is 2.17. The van der Waals surface area contributed by atoms with Crippen LogP contribution in [-0.2, 0) is 10.0 Å². The lowest BCUT2D eigenvalue weighted by atomic mass is 10.1. The Bertz CT molecular complexity index is 660. The summed E-state index contributed by atoms with van der Waals surface area (Å²) in [5.41, 5.74) is -0.641. The Morgan fingerprint density at radius 1 is 1.50 bits per heavy atom. The Hall–Kier alpha value is -0.760. The maximum absolute atomic E-state index is 13.6. The van der Waals surface area contributed by atoms with Crippen LogP contribution in [0.2, 0.25) is 5.02 Å². The lowest BCUT2D eigenvalue weighted by Gasteiger charge is -2.18. The molecule has 124 valence electrons. The molecule has 22 heavy (non-hydrogen) atoms. The van der Waals surface area contributed by atoms with E-state index < -0.39 is 21.4 Å². The summed E-state index contributed by atoms with van der Waals surface area (Å²) in [5, 5.41) is 10.0. The van der Waals surface area contributed by atoms with Crippen molar-refractivity contribution in [1.82, 2.24) is 0 Å². The predicted octanol–water partition coefficient (Wildman–Crippen LogP) is 3.37. The maximum Gasteiger partial charge on any atom is 0.229 e. The molecular weight excluding hydrogens is 349 g/mol. The number of hydrogen-bond donors (Lipinski definition) is 2. The lowest BCUT2D eigenvalue weighted by molar-refractivity contribution is 0.139. The smallest absolute Gasteiger partial charge is 0.229 e. The van der Waals surface area contributed by atoms with Crippen molar-refractivity contribution in [2.75, 3.05) is 22.5 Å². The molecule has 1 aromatic carbocycles. The molecule has 2 N–H and O–H groups in total. The molecule has 1 rings (SSSR count). The van der Waals surface area contributed by atoms with E-state index in [9.17, 15) is 17.9 Å². The first-order chi connectivity index (χ1) is 10.0. The van der Waals surface area contributed by atoms with Crippen molar-refractivity contribution in [2.24, 2.45) is 0 Å². The molecule has 0 fully saturated rings. The van der Waals surface area contributed by atoms with E-state index >= 15 is 0 Å². The van der Waals surface area contributed by atoms with E-state index in [-0.39, 0.29) is 16.3 Å². The SMILES string of the molecule is CCSCC(C)(O)/C=C/c1cc(F)c(Cl)cc1NS(C)(=O)=O. The van der Waals surface area contributed by atoms with Gasteiger partial charge in [0.25, 0.3) is 0 Å². The standard InChI is InChI=1S/C14H19ClFNO3S2/c1-4-21-9-14(2,18)6-5-10-7-12(16)11(15)8-13(10)17-22(3,19)20/h5-8,17-18H,4,9H2,1-3H3/b6-5+. The van der Waals surface area contributed by atoms with E-state index in [4.69, 9.17) is 11.6 Å². The summed E-state index contributed by atoms with van der Waals surface area (Å²) in [4.78, 5) is 0. The van der Waals surface area contributed by atoms with Gasteiger partial charge in [-0.25, -0.2) is 12.8 Å². The van der Waals surface area contributed by atoms with Crippen molar-refractivity contribution < 1.29 is 17.9 Å². The van der Waals surface area contributed by atoms with Gasteiger partial charge < -0.3 is 5.11 Å². The van der Waals surface area contributed by atoms with Gasteiger partial charge in [0.2, 0.25) is 10.0 Å². The van der Waals surface area contributed by atoms with Gasteiger partial charge in [-0.15, -0.1) is 0 Å². The van der Waals surface area contributed by atoms with Crippen molar-refractivity contribution in [2.45, 2.75) is 19.4 Å². The van der Waals surface area contributed by atoms with Crippen molar-refractivity contribution in [3.05, 3.63) is 34.6 Å². The highest BCUT2D eigenvalue weighted by molar-refractivity contribution is 7.99. The third-order valence-electron chi connectivity index (χ3n) is 2.61. The highest BCUT2D eigenvalue weighted by atomic mass is 35.5. The molecule has 8 heteroatoms. The first kappa shape index (κ1) is 19.3. The van der Waals surface area contributed by atoms with E-state index in [1.54, 1.807) is 18.7 Å². The average Bonchev–Trinajstić information content (AvgIpc) is 2.37. The van der Waals surface area contributed by atoms with Crippen LogP contribution in [0.4, 0.5) is 10.1 Å². The molecule has 0 saturated carbocycles. The molecule has 0 saturated heterocycles. The van der Waals surface area contributed by atoms with Crippen LogP contribution in [-0.4, -0.2) is 36.9 Å². The fraction of sp³-hybridized carbons (Fsp3) is 0.429. The Morgan fingerprint density at radius 2 is 2.14 bits per heavy atom. The first-order valence-corrected chi connectivity index (χ1v) is 9.92. The quantitative estimate of drug-likeness (QED) is 0.775. The Morgan fingerprint density at radius 3 is 2.68 bits per heavy atom. The average molecular weight is 368 g/mol. The fourth-order valence-electron chi connectivity index (χ4n) is 1.61. The Kier molecular flexibility index (Phi) is 6.73. The molecule has 0 aliphatic carbocycles. The van der Waals surface area contributed by atoms with Gasteiger partial charge in [0.1, 0.15) is 5.82 Å². The van der Waals surface area contributed by atoms with Gasteiger partial charge in [-0.3, -0.25) is 4.72 Å². The molecule has 0 spiro atoms. The Labute approximate surface area is 139 Å². The third kappa shape index (κ3) is 6.56. The van der Waals surface area contributed by atoms with E-state index in [2.05, 4.69) is 4.72 Å². The zero-order valence-corrected chi connectivity index (χ0v) is 14.9. The van der Waals surface area contributed by atoms with Crippen LogP contribution in [0, 0.1) is 5.82 Å². The summed E-state index contributed by atoms with van der Waals surface area (Å²) in [5.74, 6) is 0.675. The number of thioether (sulfide) groups is 1. The summed E-state index contributed by atoms with van der Waals surface area (Å²) >= 11 is 7.25. The van der Waals surface area contributed by atoms with Gasteiger partial charge in [-0.1, -0.05) is 30.7 Å². The van der Waals surface area contributed by atoms with E-state index in [0.29, 0.717) is 5.75 Å². The van der Waals surface area contributed by atoms with E-state index in [1.165, 1.54) is 18.2 Å². The van der Waals surface area contributed by atoms with Gasteiger partial charge in [0.05, 0.1) is 22.6 Å². The van der Waals surface area contributed by atoms with Crippen LogP contribution in [0.25, 0.3) is 6.08 Å². The molecule has 4 nitrogen and oxygen atoms in total. The van der Waals surface area contributed by atoms with Crippen molar-refractivity contribution in [3.8, 4) is 0 Å². The molecule has 0 aliphatic heterocycles. The molecule has 0 heterocycles. The largest absolute Gasteiger partial charge is 0.385 e. The summed E-state index contributed by atoms with van der Waals surface area (Å²) in [6.45, 7) is 3.61. The number of benzene rings is 1. The molecule has 0 bridgehead atoms. The molecule has 1 unspecified atom stereocenters. The topological polar surface area (TPSA) is 66.4 Å². The molecule has 1 aromatic rings. The van der Waals surface area contributed by atoms with Crippen LogP contribution < -0.4 is 4.72 Å². The second kappa shape index (κ2) is 7.68. The summed E-state index contributed by atoms with van der Waals surface area (Å²) in [6, 6.07) is 2.32. The number of sulfonamides is 1. The zero-order valence-electron chi connectivity index (χ0n) is 12.6. The third-order valence-corrected chi connectivity index (χ3v) is 4.69. The molecule has 0 radical (unpaired) electrons. The van der Waals surface area contributed by atoms with Crippen molar-refractivity contribution >= 4 is 45.1 Å². The second-order valence-corrected chi connectivity index (χ2v) is 8.49. The van der Waals surface area contributed by atoms with Crippen LogP contribution in [0.15, 0.2) is 18.2 Å². The second-order valence-electron chi connectivity index (χ2n) is 5.06. The van der Waals surface area contributed by atoms with Crippen LogP contribution in [0.1, 0.15) is 19.4 Å². The zero-order chi connectivity index (χ0) is 17.0. The van der Waals surface area contributed by atoms with Gasteiger partial charge in [0.15, 0.2) is 0 Å². The van der Waals surface area contributed by atoms with Gasteiger partial charge in [0, 0.05) is 11.3 Å². The molecule has 0 amide bonds. The number of hydrogen-bond acceptors (Lipinski definition) is 4. The molecule has 1 atom stereocenters. The molecule has 0 aliphatic rings. The van der Waals surface area contributed by atoms with Gasteiger partial charge in [-0.05, 0) is 24.8 Å². The van der Waals surface area contributed by atoms with E-state index in [1.807, 2.05) is 6.92 Å². The number of halogens is 2. The normalized spacial score (nSPS) is 15.0. The Balaban J connectivity index is 3.14. The minimum atomic E-state index is -3.53. The minimum Gasteiger partial charge on any atom is -0.385 e. The van der Waals surface area contributed by atoms with Gasteiger partial charge in [-0.2, -0.15) is 11.8 Å². The monoisotopic (exact) mass is 367 g/mol. The summed E-state index contributed by atoms with van der Waals surface area (Å²) in [7, 11) is -3.53. The lowest BCUT2D eigenvalue weighted by Crippen LogP contribution is -2.24. The van der Waals surface area contributed by atoms with E-state index in [0.717, 1.165) is 18.1 Å². The summed E-state index contributed by atoms with van der Waals surface area (Å²) < 4.78 is 38.6. The minimum absolute atomic E-state index is 0.157. The fourth-order valence-corrected chi connectivity index (χ4v) is 3.07. The summed E-state index contributed by atoms with van der Waals surface area (Å²) in [6.07, 6.45) is 3.97. The van der Waals surface area contributed by atoms with Crippen molar-refractivity contribution in [1.29, 1.82) is 0 Å².